The van der Waals surface area contributed by atoms with E-state index in [0.29, 0.717) is 0 Å². The van der Waals surface area contributed by atoms with Crippen LogP contribution in [0.25, 0.3) is 0 Å². The number of aliphatic hydroxyl groups is 2. The van der Waals surface area contributed by atoms with Crippen LogP contribution in [0.1, 0.15) is 0 Å². The molecule has 0 amide bonds. The molecule has 0 unspecified atom stereocenters. The van der Waals surface area contributed by atoms with Crippen molar-refractivity contribution in [2.75, 3.05) is 13.7 Å². The molecule has 4 nitrogen and oxygen atoms in total. The molecule has 0 aliphatic carbocycles. The Hall–Kier alpha value is 0.130. The quantitative estimate of drug-likeness (QED) is 0.528. The topological polar surface area (TPSA) is 58.9 Å². The number of halogens is 1. The first-order chi connectivity index (χ1) is 5.16. The standard InChI is InChI=1S/C6H11ClO4/c1-10-6-5(9)4(8)3(7)2-11-6/h3-6,8-9H,2H2,1H3/t3-,4+,5-,6+/m1/s1. The number of rotatable bonds is 1. The van der Waals surface area contributed by atoms with Gasteiger partial charge in [0.1, 0.15) is 12.2 Å². The second-order valence-electron chi connectivity index (χ2n) is 2.43. The van der Waals surface area contributed by atoms with Gasteiger partial charge in [0.15, 0.2) is 6.29 Å². The third-order valence-corrected chi connectivity index (χ3v) is 2.04. The van der Waals surface area contributed by atoms with Crippen LogP contribution in [0.2, 0.25) is 0 Å². The van der Waals surface area contributed by atoms with Gasteiger partial charge in [-0.25, -0.2) is 0 Å². The molecule has 1 aliphatic heterocycles. The summed E-state index contributed by atoms with van der Waals surface area (Å²) in [6.45, 7) is 0.193. The SMILES string of the molecule is CO[C@H]1OC[C@@H](Cl)[C@H](O)[C@H]1O. The van der Waals surface area contributed by atoms with Gasteiger partial charge in [-0.05, 0) is 0 Å². The summed E-state index contributed by atoms with van der Waals surface area (Å²) in [5, 5.41) is 17.9. The van der Waals surface area contributed by atoms with Gasteiger partial charge in [0.2, 0.25) is 0 Å². The van der Waals surface area contributed by atoms with Gasteiger partial charge in [0.25, 0.3) is 0 Å². The zero-order valence-electron chi connectivity index (χ0n) is 6.11. The third kappa shape index (κ3) is 1.83. The van der Waals surface area contributed by atoms with Crippen molar-refractivity contribution in [3.63, 3.8) is 0 Å². The summed E-state index contributed by atoms with van der Waals surface area (Å²) in [6.07, 6.45) is -2.80. The Kier molecular flexibility index (Phi) is 3.09. The number of aliphatic hydroxyl groups excluding tert-OH is 2. The molecule has 4 atom stereocenters. The molecule has 66 valence electrons. The molecule has 0 aromatic carbocycles. The van der Waals surface area contributed by atoms with Crippen molar-refractivity contribution >= 4 is 11.6 Å². The molecule has 1 saturated heterocycles. The maximum Gasteiger partial charge on any atom is 0.185 e. The van der Waals surface area contributed by atoms with Gasteiger partial charge in [-0.3, -0.25) is 0 Å². The monoisotopic (exact) mass is 182 g/mol. The predicted octanol–water partition coefficient (Wildman–Crippen LogP) is -0.682. The van der Waals surface area contributed by atoms with E-state index in [4.69, 9.17) is 21.1 Å². The van der Waals surface area contributed by atoms with Gasteiger partial charge in [0, 0.05) is 7.11 Å². The van der Waals surface area contributed by atoms with Gasteiger partial charge in [-0.1, -0.05) is 0 Å². The first kappa shape index (κ1) is 9.22. The summed E-state index contributed by atoms with van der Waals surface area (Å²) < 4.78 is 9.69. The van der Waals surface area contributed by atoms with E-state index in [2.05, 4.69) is 0 Å². The third-order valence-electron chi connectivity index (χ3n) is 1.65. The van der Waals surface area contributed by atoms with Gasteiger partial charge >= 0.3 is 0 Å². The Labute approximate surface area is 69.7 Å². The van der Waals surface area contributed by atoms with Crippen LogP contribution < -0.4 is 0 Å². The van der Waals surface area contributed by atoms with Crippen LogP contribution in [0.3, 0.4) is 0 Å². The van der Waals surface area contributed by atoms with Crippen LogP contribution in [-0.2, 0) is 9.47 Å². The van der Waals surface area contributed by atoms with E-state index in [0.717, 1.165) is 0 Å². The normalized spacial score (nSPS) is 45.8. The highest BCUT2D eigenvalue weighted by atomic mass is 35.5. The summed E-state index contributed by atoms with van der Waals surface area (Å²) in [5.41, 5.74) is 0. The number of alkyl halides is 1. The fourth-order valence-corrected chi connectivity index (χ4v) is 1.19. The molecule has 1 heterocycles. The van der Waals surface area contributed by atoms with Gasteiger partial charge in [0.05, 0.1) is 12.0 Å². The average Bonchev–Trinajstić information content (AvgIpc) is 2.01. The molecule has 0 spiro atoms. The second kappa shape index (κ2) is 3.69. The van der Waals surface area contributed by atoms with Crippen LogP contribution >= 0.6 is 11.6 Å². The van der Waals surface area contributed by atoms with E-state index in [1.165, 1.54) is 7.11 Å². The fourth-order valence-electron chi connectivity index (χ4n) is 0.966. The van der Waals surface area contributed by atoms with E-state index in [-0.39, 0.29) is 6.61 Å². The lowest BCUT2D eigenvalue weighted by Crippen LogP contribution is -2.51. The van der Waals surface area contributed by atoms with Crippen LogP contribution in [0.4, 0.5) is 0 Å². The van der Waals surface area contributed by atoms with Crippen molar-refractivity contribution < 1.29 is 19.7 Å². The van der Waals surface area contributed by atoms with Crippen molar-refractivity contribution in [3.8, 4) is 0 Å². The highest BCUT2D eigenvalue weighted by Gasteiger charge is 2.37. The molecule has 0 aromatic rings. The Bertz CT molecular complexity index is 130. The fraction of sp³-hybridized carbons (Fsp3) is 1.00. The van der Waals surface area contributed by atoms with E-state index >= 15 is 0 Å². The molecule has 0 saturated carbocycles. The molecule has 2 N–H and O–H groups in total. The molecule has 0 aromatic heterocycles. The Balaban J connectivity index is 2.52. The lowest BCUT2D eigenvalue weighted by atomic mass is 10.1. The van der Waals surface area contributed by atoms with Gasteiger partial charge < -0.3 is 19.7 Å². The average molecular weight is 183 g/mol. The Morgan fingerprint density at radius 2 is 2.09 bits per heavy atom. The van der Waals surface area contributed by atoms with Crippen molar-refractivity contribution in [1.29, 1.82) is 0 Å². The molecule has 0 bridgehead atoms. The molecule has 1 rings (SSSR count). The van der Waals surface area contributed by atoms with E-state index in [1.54, 1.807) is 0 Å². The minimum atomic E-state index is -1.06. The van der Waals surface area contributed by atoms with Crippen molar-refractivity contribution in [2.24, 2.45) is 0 Å². The number of ether oxygens (including phenoxy) is 2. The summed E-state index contributed by atoms with van der Waals surface area (Å²) in [6, 6.07) is 0. The van der Waals surface area contributed by atoms with Crippen LogP contribution in [0.5, 0.6) is 0 Å². The Morgan fingerprint density at radius 3 is 2.64 bits per heavy atom. The molecular weight excluding hydrogens is 172 g/mol. The summed E-state index contributed by atoms with van der Waals surface area (Å²) in [7, 11) is 1.40. The van der Waals surface area contributed by atoms with Crippen LogP contribution in [0, 0.1) is 0 Å². The zero-order chi connectivity index (χ0) is 8.43. The van der Waals surface area contributed by atoms with Crippen molar-refractivity contribution in [3.05, 3.63) is 0 Å². The zero-order valence-corrected chi connectivity index (χ0v) is 6.86. The first-order valence-corrected chi connectivity index (χ1v) is 3.75. The smallest absolute Gasteiger partial charge is 0.185 e. The molecular formula is C6H11ClO4. The molecule has 11 heavy (non-hydrogen) atoms. The minimum absolute atomic E-state index is 0.193. The first-order valence-electron chi connectivity index (χ1n) is 3.31. The van der Waals surface area contributed by atoms with E-state index < -0.39 is 23.9 Å². The number of hydrogen-bond donors (Lipinski definition) is 2. The lowest BCUT2D eigenvalue weighted by Gasteiger charge is -2.33. The number of methoxy groups -OCH3 is 1. The summed E-state index contributed by atoms with van der Waals surface area (Å²) in [4.78, 5) is 0. The highest BCUT2D eigenvalue weighted by Crippen LogP contribution is 2.19. The predicted molar refractivity (Wildman–Crippen MR) is 38.4 cm³/mol. The van der Waals surface area contributed by atoms with Crippen LogP contribution in [0.15, 0.2) is 0 Å². The molecule has 1 aliphatic rings. The molecule has 0 radical (unpaired) electrons. The molecule has 5 heteroatoms. The lowest BCUT2D eigenvalue weighted by molar-refractivity contribution is -0.230. The van der Waals surface area contributed by atoms with E-state index in [1.807, 2.05) is 0 Å². The second-order valence-corrected chi connectivity index (χ2v) is 3.00. The maximum absolute atomic E-state index is 9.22. The van der Waals surface area contributed by atoms with Crippen molar-refractivity contribution in [1.82, 2.24) is 0 Å². The van der Waals surface area contributed by atoms with E-state index in [9.17, 15) is 10.2 Å². The van der Waals surface area contributed by atoms with Crippen molar-refractivity contribution in [2.45, 2.75) is 23.9 Å². The van der Waals surface area contributed by atoms with Gasteiger partial charge in [-0.15, -0.1) is 11.6 Å². The largest absolute Gasteiger partial charge is 0.389 e. The van der Waals surface area contributed by atoms with Crippen LogP contribution in [-0.4, -0.2) is 47.8 Å². The summed E-state index contributed by atoms with van der Waals surface area (Å²) >= 11 is 5.59. The minimum Gasteiger partial charge on any atom is -0.389 e. The summed E-state index contributed by atoms with van der Waals surface area (Å²) in [5.74, 6) is 0. The highest BCUT2D eigenvalue weighted by molar-refractivity contribution is 6.21. The number of hydrogen-bond acceptors (Lipinski definition) is 4. The maximum atomic E-state index is 9.22. The Morgan fingerprint density at radius 1 is 1.45 bits per heavy atom. The van der Waals surface area contributed by atoms with Gasteiger partial charge in [-0.2, -0.15) is 0 Å². The molecule has 1 fully saturated rings.